The van der Waals surface area contributed by atoms with Gasteiger partial charge in [0.1, 0.15) is 6.04 Å². The highest BCUT2D eigenvalue weighted by Crippen LogP contribution is 2.24. The molecule has 0 bridgehead atoms. The fraction of sp³-hybridized carbons (Fsp3) is 0.385. The van der Waals surface area contributed by atoms with Crippen molar-refractivity contribution in [1.82, 2.24) is 4.90 Å². The third-order valence-electron chi connectivity index (χ3n) is 3.47. The summed E-state index contributed by atoms with van der Waals surface area (Å²) in [4.78, 5) is 34.7. The van der Waals surface area contributed by atoms with Gasteiger partial charge in [0.25, 0.3) is 11.6 Å². The van der Waals surface area contributed by atoms with E-state index in [9.17, 15) is 24.8 Å². The van der Waals surface area contributed by atoms with Crippen LogP contribution >= 0.6 is 0 Å². The van der Waals surface area contributed by atoms with Gasteiger partial charge in [-0.2, -0.15) is 0 Å². The van der Waals surface area contributed by atoms with E-state index in [-0.39, 0.29) is 24.2 Å². The normalized spacial score (nSPS) is 21.3. The van der Waals surface area contributed by atoms with Crippen molar-refractivity contribution in [3.05, 3.63) is 39.4 Å². The van der Waals surface area contributed by atoms with E-state index in [0.29, 0.717) is 5.56 Å². The molecule has 112 valence electrons. The second kappa shape index (κ2) is 5.49. The van der Waals surface area contributed by atoms with Crippen LogP contribution in [0, 0.1) is 17.0 Å². The van der Waals surface area contributed by atoms with Gasteiger partial charge < -0.3 is 15.1 Å². The first-order valence-corrected chi connectivity index (χ1v) is 6.28. The molecule has 2 N–H and O–H groups in total. The highest BCUT2D eigenvalue weighted by molar-refractivity contribution is 5.97. The van der Waals surface area contributed by atoms with Gasteiger partial charge in [0, 0.05) is 30.2 Å². The molecule has 1 aromatic carbocycles. The van der Waals surface area contributed by atoms with Crippen LogP contribution in [0.3, 0.4) is 0 Å². The van der Waals surface area contributed by atoms with Crippen LogP contribution in [0.1, 0.15) is 22.3 Å². The number of hydrogen-bond donors (Lipinski definition) is 2. The zero-order valence-electron chi connectivity index (χ0n) is 11.2. The summed E-state index contributed by atoms with van der Waals surface area (Å²) in [6.45, 7) is 1.44. The maximum absolute atomic E-state index is 12.3. The topological polar surface area (TPSA) is 121 Å². The van der Waals surface area contributed by atoms with Crippen LogP contribution in [-0.2, 0) is 4.79 Å². The Bertz CT molecular complexity index is 615. The quantitative estimate of drug-likeness (QED) is 0.620. The molecule has 0 unspecified atom stereocenters. The average Bonchev–Trinajstić information content (AvgIpc) is 2.79. The van der Waals surface area contributed by atoms with Crippen molar-refractivity contribution >= 4 is 17.6 Å². The molecule has 1 aliphatic heterocycles. The number of carboxylic acids is 1. The van der Waals surface area contributed by atoms with Crippen molar-refractivity contribution in [1.29, 1.82) is 0 Å². The van der Waals surface area contributed by atoms with E-state index in [1.54, 1.807) is 0 Å². The van der Waals surface area contributed by atoms with Crippen LogP contribution in [0.15, 0.2) is 18.2 Å². The number of nitrogens with zero attached hydrogens (tertiary/aromatic N) is 2. The first kappa shape index (κ1) is 14.9. The predicted molar refractivity (Wildman–Crippen MR) is 70.9 cm³/mol. The minimum atomic E-state index is -1.18. The molecular weight excluding hydrogens is 280 g/mol. The number of carboxylic acid groups (broad SMARTS) is 1. The minimum Gasteiger partial charge on any atom is -0.480 e. The molecule has 1 aliphatic rings. The van der Waals surface area contributed by atoms with Crippen molar-refractivity contribution in [3.8, 4) is 0 Å². The number of hydrogen-bond acceptors (Lipinski definition) is 5. The van der Waals surface area contributed by atoms with Gasteiger partial charge in [0.2, 0.25) is 0 Å². The summed E-state index contributed by atoms with van der Waals surface area (Å²) in [5.74, 6) is -1.74. The zero-order chi connectivity index (χ0) is 15.7. The Kier molecular flexibility index (Phi) is 3.90. The third kappa shape index (κ3) is 2.84. The fourth-order valence-electron chi connectivity index (χ4n) is 2.43. The van der Waals surface area contributed by atoms with Crippen LogP contribution in [0.4, 0.5) is 5.69 Å². The first-order valence-electron chi connectivity index (χ1n) is 6.28. The maximum atomic E-state index is 12.3. The number of carbonyl (C=O) groups excluding carboxylic acids is 1. The summed E-state index contributed by atoms with van der Waals surface area (Å²) in [5.41, 5.74) is 0.374. The molecule has 8 heteroatoms. The lowest BCUT2D eigenvalue weighted by Gasteiger charge is -2.21. The van der Waals surface area contributed by atoms with Crippen molar-refractivity contribution in [2.75, 3.05) is 6.54 Å². The molecule has 0 radical (unpaired) electrons. The number of benzene rings is 1. The number of nitro benzene ring substituents is 1. The number of rotatable bonds is 3. The number of aryl methyl sites for hydroxylation is 1. The smallest absolute Gasteiger partial charge is 0.326 e. The summed E-state index contributed by atoms with van der Waals surface area (Å²) in [6.07, 6.45) is -0.901. The first-order chi connectivity index (χ1) is 9.81. The number of likely N-dealkylation sites (tertiary alicyclic amines) is 1. The predicted octanol–water partition coefficient (Wildman–Crippen LogP) is 0.563. The zero-order valence-corrected chi connectivity index (χ0v) is 11.2. The Balaban J connectivity index is 2.29. The van der Waals surface area contributed by atoms with Gasteiger partial charge in [-0.3, -0.25) is 14.9 Å². The molecule has 1 heterocycles. The number of aliphatic hydroxyl groups is 1. The van der Waals surface area contributed by atoms with E-state index in [2.05, 4.69) is 0 Å². The van der Waals surface area contributed by atoms with Gasteiger partial charge in [-0.1, -0.05) is 0 Å². The number of aliphatic hydroxyl groups excluding tert-OH is 1. The van der Waals surface area contributed by atoms with Gasteiger partial charge in [0.05, 0.1) is 11.0 Å². The van der Waals surface area contributed by atoms with Gasteiger partial charge in [-0.05, 0) is 19.1 Å². The summed E-state index contributed by atoms with van der Waals surface area (Å²) >= 11 is 0. The second-order valence-electron chi connectivity index (χ2n) is 4.96. The Hall–Kier alpha value is -2.48. The van der Waals surface area contributed by atoms with E-state index >= 15 is 0 Å². The summed E-state index contributed by atoms with van der Waals surface area (Å²) in [6, 6.07) is 2.77. The van der Waals surface area contributed by atoms with Crippen LogP contribution in [0.25, 0.3) is 0 Å². The molecule has 1 amide bonds. The Labute approximate surface area is 119 Å². The van der Waals surface area contributed by atoms with E-state index < -0.39 is 28.9 Å². The molecule has 1 aromatic rings. The summed E-state index contributed by atoms with van der Waals surface area (Å²) in [7, 11) is 0. The monoisotopic (exact) mass is 294 g/mol. The molecule has 2 rings (SSSR count). The molecule has 2 atom stereocenters. The highest BCUT2D eigenvalue weighted by atomic mass is 16.6. The number of β-amino-alcohol motifs (C(OH)–C–C–N with tert-alkyl or cyclic N) is 1. The molecule has 21 heavy (non-hydrogen) atoms. The van der Waals surface area contributed by atoms with Crippen LogP contribution in [0.2, 0.25) is 0 Å². The molecule has 0 aromatic heterocycles. The Morgan fingerprint density at radius 3 is 2.62 bits per heavy atom. The molecular formula is C13H14N2O6. The van der Waals surface area contributed by atoms with Gasteiger partial charge >= 0.3 is 5.97 Å². The second-order valence-corrected chi connectivity index (χ2v) is 4.96. The summed E-state index contributed by atoms with van der Waals surface area (Å²) < 4.78 is 0. The molecule has 8 nitrogen and oxygen atoms in total. The summed E-state index contributed by atoms with van der Waals surface area (Å²) in [5, 5.41) is 29.4. The average molecular weight is 294 g/mol. The number of carbonyl (C=O) groups is 2. The molecule has 0 saturated carbocycles. The Morgan fingerprint density at radius 1 is 1.43 bits per heavy atom. The minimum absolute atomic E-state index is 0.0208. The van der Waals surface area contributed by atoms with Gasteiger partial charge in [-0.25, -0.2) is 4.79 Å². The van der Waals surface area contributed by atoms with Crippen LogP contribution < -0.4 is 0 Å². The van der Waals surface area contributed by atoms with E-state index in [0.717, 1.165) is 4.90 Å². The standard InChI is InChI=1S/C13H14N2O6/c1-7-4-8(2-3-10(7)15(20)21)12(17)14-6-9(16)5-11(14)13(18)19/h2-4,9,11,16H,5-6H2,1H3,(H,18,19)/t9-,11+/m1/s1. The van der Waals surface area contributed by atoms with Crippen molar-refractivity contribution in [2.45, 2.75) is 25.5 Å². The number of amides is 1. The van der Waals surface area contributed by atoms with E-state index in [1.165, 1.54) is 25.1 Å². The molecule has 1 saturated heterocycles. The molecule has 0 aliphatic carbocycles. The lowest BCUT2D eigenvalue weighted by Crippen LogP contribution is -2.40. The third-order valence-corrected chi connectivity index (χ3v) is 3.47. The van der Waals surface area contributed by atoms with Gasteiger partial charge in [0.15, 0.2) is 0 Å². The SMILES string of the molecule is Cc1cc(C(=O)N2C[C@H](O)C[C@H]2C(=O)O)ccc1[N+](=O)[O-]. The largest absolute Gasteiger partial charge is 0.480 e. The lowest BCUT2D eigenvalue weighted by atomic mass is 10.1. The highest BCUT2D eigenvalue weighted by Gasteiger charge is 2.39. The van der Waals surface area contributed by atoms with Crippen molar-refractivity contribution in [2.24, 2.45) is 0 Å². The number of nitro groups is 1. The van der Waals surface area contributed by atoms with E-state index in [4.69, 9.17) is 5.11 Å². The van der Waals surface area contributed by atoms with Crippen molar-refractivity contribution in [3.63, 3.8) is 0 Å². The Morgan fingerprint density at radius 2 is 2.10 bits per heavy atom. The van der Waals surface area contributed by atoms with Crippen molar-refractivity contribution < 1.29 is 24.7 Å². The fourth-order valence-corrected chi connectivity index (χ4v) is 2.43. The van der Waals surface area contributed by atoms with Crippen LogP contribution in [-0.4, -0.2) is 50.6 Å². The lowest BCUT2D eigenvalue weighted by molar-refractivity contribution is -0.385. The molecule has 0 spiro atoms. The van der Waals surface area contributed by atoms with Crippen LogP contribution in [0.5, 0.6) is 0 Å². The van der Waals surface area contributed by atoms with E-state index in [1.807, 2.05) is 0 Å². The number of aliphatic carboxylic acids is 1. The van der Waals surface area contributed by atoms with Gasteiger partial charge in [-0.15, -0.1) is 0 Å². The maximum Gasteiger partial charge on any atom is 0.326 e. The molecule has 1 fully saturated rings.